The Labute approximate surface area is 150 Å². The first-order valence-corrected chi connectivity index (χ1v) is 8.86. The number of likely N-dealkylation sites (tertiary alicyclic amines) is 1. The standard InChI is InChI=1S/C20H22FN3O2/c1-12-14(10-24-8-7-19(25)16(21)11-24)3-2-4-15(12)13-5-6-17-18(9-13)23-20(26)22-17/h2-6,9,16,19,25H,7-8,10-11H2,1H3,(H2,22,23,26). The van der Waals surface area contributed by atoms with Crippen LogP contribution in [0.5, 0.6) is 0 Å². The largest absolute Gasteiger partial charge is 0.390 e. The van der Waals surface area contributed by atoms with Gasteiger partial charge in [-0.25, -0.2) is 9.18 Å². The zero-order valence-electron chi connectivity index (χ0n) is 14.6. The first kappa shape index (κ1) is 17.0. The molecule has 3 N–H and O–H groups in total. The molecular weight excluding hydrogens is 333 g/mol. The van der Waals surface area contributed by atoms with Crippen LogP contribution in [0.4, 0.5) is 4.39 Å². The summed E-state index contributed by atoms with van der Waals surface area (Å²) in [6, 6.07) is 12.0. The Morgan fingerprint density at radius 1 is 1.23 bits per heavy atom. The fourth-order valence-electron chi connectivity index (χ4n) is 3.71. The fraction of sp³-hybridized carbons (Fsp3) is 0.350. The van der Waals surface area contributed by atoms with E-state index in [1.807, 2.05) is 24.3 Å². The molecule has 6 heteroatoms. The Balaban J connectivity index is 1.63. The molecule has 4 rings (SSSR count). The summed E-state index contributed by atoms with van der Waals surface area (Å²) in [4.78, 5) is 19.1. The number of aliphatic hydroxyl groups is 1. The van der Waals surface area contributed by atoms with E-state index in [0.29, 0.717) is 19.5 Å². The minimum Gasteiger partial charge on any atom is -0.390 e. The second-order valence-electron chi connectivity index (χ2n) is 7.04. The van der Waals surface area contributed by atoms with E-state index in [-0.39, 0.29) is 12.2 Å². The highest BCUT2D eigenvalue weighted by atomic mass is 19.1. The van der Waals surface area contributed by atoms with Gasteiger partial charge in [0.2, 0.25) is 0 Å². The van der Waals surface area contributed by atoms with Crippen LogP contribution in [0.1, 0.15) is 17.5 Å². The molecule has 1 aliphatic rings. The van der Waals surface area contributed by atoms with E-state index < -0.39 is 12.3 Å². The lowest BCUT2D eigenvalue weighted by Gasteiger charge is -2.32. The van der Waals surface area contributed by atoms with E-state index >= 15 is 0 Å². The van der Waals surface area contributed by atoms with Crippen molar-refractivity contribution >= 4 is 11.0 Å². The number of aromatic nitrogens is 2. The lowest BCUT2D eigenvalue weighted by Crippen LogP contribution is -2.44. The zero-order chi connectivity index (χ0) is 18.3. The number of H-pyrrole nitrogens is 2. The summed E-state index contributed by atoms with van der Waals surface area (Å²) >= 11 is 0. The van der Waals surface area contributed by atoms with Gasteiger partial charge in [-0.1, -0.05) is 24.3 Å². The number of nitrogens with one attached hydrogen (secondary N) is 2. The van der Waals surface area contributed by atoms with Crippen molar-refractivity contribution in [1.82, 2.24) is 14.9 Å². The molecule has 1 fully saturated rings. The molecule has 2 heterocycles. The van der Waals surface area contributed by atoms with E-state index in [2.05, 4.69) is 33.9 Å². The Morgan fingerprint density at radius 2 is 2.04 bits per heavy atom. The summed E-state index contributed by atoms with van der Waals surface area (Å²) in [5.74, 6) is 0. The van der Waals surface area contributed by atoms with Crippen molar-refractivity contribution in [3.63, 3.8) is 0 Å². The summed E-state index contributed by atoms with van der Waals surface area (Å²) in [5.41, 5.74) is 5.77. The second kappa shape index (κ2) is 6.70. The van der Waals surface area contributed by atoms with Gasteiger partial charge in [-0.3, -0.25) is 4.90 Å². The molecule has 1 aliphatic heterocycles. The third kappa shape index (κ3) is 3.18. The number of imidazole rings is 1. The molecule has 0 spiro atoms. The Bertz CT molecular complexity index is 994. The van der Waals surface area contributed by atoms with E-state index in [9.17, 15) is 14.3 Å². The van der Waals surface area contributed by atoms with Crippen LogP contribution in [0.3, 0.4) is 0 Å². The number of aliphatic hydroxyl groups excluding tert-OH is 1. The monoisotopic (exact) mass is 355 g/mol. The summed E-state index contributed by atoms with van der Waals surface area (Å²) in [5, 5.41) is 9.57. The number of alkyl halides is 1. The van der Waals surface area contributed by atoms with Crippen LogP contribution in [0.25, 0.3) is 22.2 Å². The smallest absolute Gasteiger partial charge is 0.323 e. The molecule has 2 aromatic carbocycles. The van der Waals surface area contributed by atoms with Gasteiger partial charge < -0.3 is 15.1 Å². The minimum atomic E-state index is -1.18. The molecule has 0 amide bonds. The normalized spacial score (nSPS) is 21.3. The number of hydrogen-bond donors (Lipinski definition) is 3. The molecule has 5 nitrogen and oxygen atoms in total. The number of fused-ring (bicyclic) bond motifs is 1. The SMILES string of the molecule is Cc1c(CN2CCC(O)C(F)C2)cccc1-c1ccc2[nH]c(=O)[nH]c2c1. The van der Waals surface area contributed by atoms with Crippen LogP contribution in [0, 0.1) is 6.92 Å². The quantitative estimate of drug-likeness (QED) is 0.676. The molecule has 0 radical (unpaired) electrons. The molecule has 26 heavy (non-hydrogen) atoms. The Morgan fingerprint density at radius 3 is 2.85 bits per heavy atom. The van der Waals surface area contributed by atoms with Crippen LogP contribution in [-0.2, 0) is 6.54 Å². The van der Waals surface area contributed by atoms with Crippen LogP contribution >= 0.6 is 0 Å². The van der Waals surface area contributed by atoms with Gasteiger partial charge in [0.1, 0.15) is 6.17 Å². The number of aromatic amines is 2. The maximum Gasteiger partial charge on any atom is 0.323 e. The predicted molar refractivity (Wildman–Crippen MR) is 99.9 cm³/mol. The topological polar surface area (TPSA) is 72.1 Å². The van der Waals surface area contributed by atoms with E-state index in [4.69, 9.17) is 0 Å². The van der Waals surface area contributed by atoms with Gasteiger partial charge in [0.05, 0.1) is 17.1 Å². The van der Waals surface area contributed by atoms with Crippen molar-refractivity contribution in [3.05, 3.63) is 58.0 Å². The third-order valence-corrected chi connectivity index (χ3v) is 5.26. The van der Waals surface area contributed by atoms with Gasteiger partial charge in [0, 0.05) is 19.6 Å². The highest BCUT2D eigenvalue weighted by molar-refractivity contribution is 5.82. The molecule has 0 saturated carbocycles. The van der Waals surface area contributed by atoms with Gasteiger partial charge in [0.15, 0.2) is 0 Å². The molecule has 0 aliphatic carbocycles. The molecule has 2 atom stereocenters. The summed E-state index contributed by atoms with van der Waals surface area (Å²) in [7, 11) is 0. The van der Waals surface area contributed by atoms with E-state index in [1.54, 1.807) is 0 Å². The number of piperidine rings is 1. The number of rotatable bonds is 3. The van der Waals surface area contributed by atoms with E-state index in [0.717, 1.165) is 33.3 Å². The van der Waals surface area contributed by atoms with Crippen LogP contribution in [-0.4, -0.2) is 45.3 Å². The fourth-order valence-corrected chi connectivity index (χ4v) is 3.71. The summed E-state index contributed by atoms with van der Waals surface area (Å²) in [6.07, 6.45) is -1.55. The Hall–Kier alpha value is -2.44. The minimum absolute atomic E-state index is 0.212. The lowest BCUT2D eigenvalue weighted by atomic mass is 9.95. The molecule has 2 unspecified atom stereocenters. The number of hydrogen-bond acceptors (Lipinski definition) is 3. The van der Waals surface area contributed by atoms with Crippen molar-refractivity contribution in [1.29, 1.82) is 0 Å². The molecule has 1 aromatic heterocycles. The van der Waals surface area contributed by atoms with Crippen LogP contribution < -0.4 is 5.69 Å². The van der Waals surface area contributed by atoms with Crippen molar-refractivity contribution in [2.24, 2.45) is 0 Å². The molecule has 3 aromatic rings. The molecule has 136 valence electrons. The number of benzene rings is 2. The van der Waals surface area contributed by atoms with Crippen molar-refractivity contribution in [3.8, 4) is 11.1 Å². The maximum absolute atomic E-state index is 13.8. The highest BCUT2D eigenvalue weighted by Gasteiger charge is 2.27. The number of halogens is 1. The summed E-state index contributed by atoms with van der Waals surface area (Å²) < 4.78 is 13.8. The summed E-state index contributed by atoms with van der Waals surface area (Å²) in [6.45, 7) is 3.69. The first-order chi connectivity index (χ1) is 12.5. The van der Waals surface area contributed by atoms with Crippen LogP contribution in [0.15, 0.2) is 41.2 Å². The van der Waals surface area contributed by atoms with Crippen molar-refractivity contribution in [2.75, 3.05) is 13.1 Å². The van der Waals surface area contributed by atoms with Gasteiger partial charge in [-0.15, -0.1) is 0 Å². The first-order valence-electron chi connectivity index (χ1n) is 8.86. The average molecular weight is 355 g/mol. The zero-order valence-corrected chi connectivity index (χ0v) is 14.6. The number of nitrogens with zero attached hydrogens (tertiary/aromatic N) is 1. The Kier molecular flexibility index (Phi) is 4.38. The van der Waals surface area contributed by atoms with Crippen molar-refractivity contribution < 1.29 is 9.50 Å². The van der Waals surface area contributed by atoms with Crippen LogP contribution in [0.2, 0.25) is 0 Å². The molecular formula is C20H22FN3O2. The molecule has 0 bridgehead atoms. The van der Waals surface area contributed by atoms with Gasteiger partial charge in [-0.2, -0.15) is 0 Å². The average Bonchev–Trinajstić information content (AvgIpc) is 2.99. The highest BCUT2D eigenvalue weighted by Crippen LogP contribution is 2.28. The lowest BCUT2D eigenvalue weighted by molar-refractivity contribution is 0.00388. The van der Waals surface area contributed by atoms with Gasteiger partial charge in [-0.05, 0) is 47.7 Å². The van der Waals surface area contributed by atoms with Crippen molar-refractivity contribution in [2.45, 2.75) is 32.2 Å². The second-order valence-corrected chi connectivity index (χ2v) is 7.04. The van der Waals surface area contributed by atoms with Gasteiger partial charge >= 0.3 is 5.69 Å². The van der Waals surface area contributed by atoms with Gasteiger partial charge in [0.25, 0.3) is 0 Å². The third-order valence-electron chi connectivity index (χ3n) is 5.26. The maximum atomic E-state index is 13.8. The molecule has 1 saturated heterocycles. The predicted octanol–water partition coefficient (Wildman–Crippen LogP) is 2.74. The van der Waals surface area contributed by atoms with E-state index in [1.165, 1.54) is 0 Å².